The molecule has 2 saturated heterocycles. The molecule has 1 N–H and O–H groups in total. The van der Waals surface area contributed by atoms with E-state index < -0.39 is 0 Å². The molecule has 1 aromatic rings. The first-order valence-electron chi connectivity index (χ1n) is 5.66. The third-order valence-corrected chi connectivity index (χ3v) is 3.95. The van der Waals surface area contributed by atoms with Gasteiger partial charge in [-0.25, -0.2) is 0 Å². The maximum atomic E-state index is 11.4. The summed E-state index contributed by atoms with van der Waals surface area (Å²) in [6.07, 6.45) is 2.01. The second kappa shape index (κ2) is 3.24. The summed E-state index contributed by atoms with van der Waals surface area (Å²) >= 11 is 0. The predicted octanol–water partition coefficient (Wildman–Crippen LogP) is 1.47. The fourth-order valence-corrected chi connectivity index (χ4v) is 2.90. The van der Waals surface area contributed by atoms with Gasteiger partial charge in [-0.3, -0.25) is 4.79 Å². The number of rotatable bonds is 2. The molecule has 0 radical (unpaired) electrons. The van der Waals surface area contributed by atoms with E-state index in [0.717, 1.165) is 25.1 Å². The highest BCUT2D eigenvalue weighted by molar-refractivity contribution is 5.82. The SMILES string of the molecule is COc1ccc(C23CNC(=O)C(C2)C3)cc1. The fraction of sp³-hybridized carbons (Fsp3) is 0.462. The third kappa shape index (κ3) is 1.24. The second-order valence-electron chi connectivity index (χ2n) is 4.83. The van der Waals surface area contributed by atoms with Crippen molar-refractivity contribution in [3.63, 3.8) is 0 Å². The van der Waals surface area contributed by atoms with Crippen molar-refractivity contribution in [1.82, 2.24) is 5.32 Å². The number of hydrogen-bond acceptors (Lipinski definition) is 2. The zero-order valence-electron chi connectivity index (χ0n) is 9.32. The Hall–Kier alpha value is -1.51. The molecule has 16 heavy (non-hydrogen) atoms. The number of amides is 1. The summed E-state index contributed by atoms with van der Waals surface area (Å²) in [6.45, 7) is 0.786. The lowest BCUT2D eigenvalue weighted by Gasteiger charge is -2.52. The molecule has 0 unspecified atom stereocenters. The standard InChI is InChI=1S/C13H15NO2/c1-16-11-4-2-10(3-5-11)13-6-9(7-13)12(15)14-8-13/h2-5,9H,6-8H2,1H3,(H,14,15). The summed E-state index contributed by atoms with van der Waals surface area (Å²) in [7, 11) is 1.67. The topological polar surface area (TPSA) is 38.3 Å². The molecule has 0 spiro atoms. The third-order valence-electron chi connectivity index (χ3n) is 3.95. The van der Waals surface area contributed by atoms with E-state index in [2.05, 4.69) is 17.4 Å². The van der Waals surface area contributed by atoms with Gasteiger partial charge in [-0.2, -0.15) is 0 Å². The Kier molecular flexibility index (Phi) is 1.96. The van der Waals surface area contributed by atoms with Crippen molar-refractivity contribution in [3.05, 3.63) is 29.8 Å². The van der Waals surface area contributed by atoms with Gasteiger partial charge in [-0.05, 0) is 30.5 Å². The average Bonchev–Trinajstić information content (AvgIpc) is 2.28. The molecule has 3 nitrogen and oxygen atoms in total. The highest BCUT2D eigenvalue weighted by Gasteiger charge is 2.52. The number of ether oxygens (including phenoxy) is 1. The highest BCUT2D eigenvalue weighted by atomic mass is 16.5. The van der Waals surface area contributed by atoms with E-state index in [1.807, 2.05) is 12.1 Å². The van der Waals surface area contributed by atoms with Crippen molar-refractivity contribution in [2.24, 2.45) is 5.92 Å². The quantitative estimate of drug-likeness (QED) is 0.814. The van der Waals surface area contributed by atoms with E-state index in [4.69, 9.17) is 4.74 Å². The molecule has 2 aliphatic heterocycles. The highest BCUT2D eigenvalue weighted by Crippen LogP contribution is 2.50. The van der Waals surface area contributed by atoms with Crippen LogP contribution in [0.2, 0.25) is 0 Å². The Balaban J connectivity index is 1.85. The van der Waals surface area contributed by atoms with Crippen LogP contribution in [0.15, 0.2) is 24.3 Å². The van der Waals surface area contributed by atoms with Crippen LogP contribution in [-0.2, 0) is 10.2 Å². The van der Waals surface area contributed by atoms with Gasteiger partial charge in [0.2, 0.25) is 5.91 Å². The van der Waals surface area contributed by atoms with Gasteiger partial charge in [0.05, 0.1) is 7.11 Å². The van der Waals surface area contributed by atoms with Crippen LogP contribution in [-0.4, -0.2) is 19.6 Å². The van der Waals surface area contributed by atoms with Crippen molar-refractivity contribution < 1.29 is 9.53 Å². The molecule has 3 aliphatic rings. The molecular formula is C13H15NO2. The lowest BCUT2D eigenvalue weighted by molar-refractivity contribution is -0.135. The predicted molar refractivity (Wildman–Crippen MR) is 60.4 cm³/mol. The summed E-state index contributed by atoms with van der Waals surface area (Å²) in [5, 5.41) is 2.98. The first kappa shape index (κ1) is 9.70. The first-order valence-corrected chi connectivity index (χ1v) is 5.66. The van der Waals surface area contributed by atoms with Gasteiger partial charge >= 0.3 is 0 Å². The van der Waals surface area contributed by atoms with E-state index in [1.165, 1.54) is 5.56 Å². The number of benzene rings is 1. The van der Waals surface area contributed by atoms with Crippen molar-refractivity contribution in [2.45, 2.75) is 18.3 Å². The maximum Gasteiger partial charge on any atom is 0.223 e. The lowest BCUT2D eigenvalue weighted by Crippen LogP contribution is -2.60. The summed E-state index contributed by atoms with van der Waals surface area (Å²) in [5.74, 6) is 1.36. The minimum Gasteiger partial charge on any atom is -0.497 e. The smallest absolute Gasteiger partial charge is 0.223 e. The molecule has 1 aromatic carbocycles. The van der Waals surface area contributed by atoms with Crippen LogP contribution >= 0.6 is 0 Å². The van der Waals surface area contributed by atoms with Crippen LogP contribution in [0.25, 0.3) is 0 Å². The van der Waals surface area contributed by atoms with E-state index in [9.17, 15) is 4.79 Å². The van der Waals surface area contributed by atoms with E-state index in [-0.39, 0.29) is 17.2 Å². The number of piperidine rings is 2. The Morgan fingerprint density at radius 1 is 1.31 bits per heavy atom. The zero-order valence-corrected chi connectivity index (χ0v) is 9.32. The van der Waals surface area contributed by atoms with Gasteiger partial charge in [0.15, 0.2) is 0 Å². The number of hydrogen-bond donors (Lipinski definition) is 1. The summed E-state index contributed by atoms with van der Waals surface area (Å²) in [6, 6.07) is 8.22. The van der Waals surface area contributed by atoms with Crippen molar-refractivity contribution >= 4 is 5.91 Å². The Morgan fingerprint density at radius 3 is 2.50 bits per heavy atom. The Bertz CT molecular complexity index is 413. The lowest BCUT2D eigenvalue weighted by atomic mass is 9.56. The largest absolute Gasteiger partial charge is 0.497 e. The van der Waals surface area contributed by atoms with Gasteiger partial charge in [0.1, 0.15) is 5.75 Å². The minimum absolute atomic E-state index is 0.199. The molecule has 2 heterocycles. The molecular weight excluding hydrogens is 202 g/mol. The molecule has 1 amide bonds. The number of fused-ring (bicyclic) bond motifs is 2. The summed E-state index contributed by atoms with van der Waals surface area (Å²) < 4.78 is 5.15. The number of nitrogens with one attached hydrogen (secondary N) is 1. The second-order valence-corrected chi connectivity index (χ2v) is 4.83. The molecule has 1 saturated carbocycles. The molecule has 0 atom stereocenters. The normalized spacial score (nSPS) is 31.6. The average molecular weight is 217 g/mol. The summed E-state index contributed by atoms with van der Waals surface area (Å²) in [4.78, 5) is 11.4. The Morgan fingerprint density at radius 2 is 2.00 bits per heavy atom. The molecule has 3 fully saturated rings. The van der Waals surface area contributed by atoms with E-state index >= 15 is 0 Å². The molecule has 3 heteroatoms. The van der Waals surface area contributed by atoms with Gasteiger partial charge in [0.25, 0.3) is 0 Å². The zero-order chi connectivity index (χ0) is 11.2. The molecule has 4 rings (SSSR count). The van der Waals surface area contributed by atoms with Crippen LogP contribution in [0.1, 0.15) is 18.4 Å². The van der Waals surface area contributed by atoms with Gasteiger partial charge in [0, 0.05) is 17.9 Å². The molecule has 0 aromatic heterocycles. The van der Waals surface area contributed by atoms with Crippen LogP contribution in [0, 0.1) is 5.92 Å². The van der Waals surface area contributed by atoms with E-state index in [0.29, 0.717) is 0 Å². The van der Waals surface area contributed by atoms with Gasteiger partial charge in [-0.15, -0.1) is 0 Å². The monoisotopic (exact) mass is 217 g/mol. The van der Waals surface area contributed by atoms with Crippen LogP contribution < -0.4 is 10.1 Å². The molecule has 1 aliphatic carbocycles. The van der Waals surface area contributed by atoms with Gasteiger partial charge in [-0.1, -0.05) is 12.1 Å². The van der Waals surface area contributed by atoms with Crippen LogP contribution in [0.5, 0.6) is 5.75 Å². The van der Waals surface area contributed by atoms with Crippen LogP contribution in [0.4, 0.5) is 0 Å². The van der Waals surface area contributed by atoms with E-state index in [1.54, 1.807) is 7.11 Å². The Labute approximate surface area is 94.8 Å². The number of carbonyl (C=O) groups is 1. The van der Waals surface area contributed by atoms with Crippen molar-refractivity contribution in [3.8, 4) is 5.75 Å². The van der Waals surface area contributed by atoms with Crippen LogP contribution in [0.3, 0.4) is 0 Å². The maximum absolute atomic E-state index is 11.4. The summed E-state index contributed by atoms with van der Waals surface area (Å²) in [5.41, 5.74) is 1.52. The molecule has 84 valence electrons. The number of carbonyl (C=O) groups excluding carboxylic acids is 1. The number of methoxy groups -OCH3 is 1. The van der Waals surface area contributed by atoms with Gasteiger partial charge < -0.3 is 10.1 Å². The first-order chi connectivity index (χ1) is 7.73. The minimum atomic E-state index is 0.199. The van der Waals surface area contributed by atoms with Crippen molar-refractivity contribution in [2.75, 3.05) is 13.7 Å². The van der Waals surface area contributed by atoms with Crippen molar-refractivity contribution in [1.29, 1.82) is 0 Å². The molecule has 2 bridgehead atoms. The fourth-order valence-electron chi connectivity index (χ4n) is 2.90.